The lowest BCUT2D eigenvalue weighted by Crippen LogP contribution is -2.34. The Kier molecular flexibility index (Phi) is 6.50. The van der Waals surface area contributed by atoms with Gasteiger partial charge in [-0.05, 0) is 31.0 Å². The van der Waals surface area contributed by atoms with Crippen molar-refractivity contribution >= 4 is 33.4 Å². The van der Waals surface area contributed by atoms with E-state index in [9.17, 15) is 4.79 Å². The Morgan fingerprint density at radius 1 is 1.56 bits per heavy atom. The van der Waals surface area contributed by atoms with Crippen molar-refractivity contribution in [1.82, 2.24) is 5.32 Å². The molecule has 1 amide bonds. The first-order valence-corrected chi connectivity index (χ1v) is 7.32. The van der Waals surface area contributed by atoms with E-state index in [-0.39, 0.29) is 11.9 Å². The highest BCUT2D eigenvalue weighted by Gasteiger charge is 2.15. The maximum absolute atomic E-state index is 12.1. The highest BCUT2D eigenvalue weighted by atomic mass is 79.9. The van der Waals surface area contributed by atoms with Crippen molar-refractivity contribution in [2.24, 2.45) is 0 Å². The molecule has 0 aliphatic heterocycles. The van der Waals surface area contributed by atoms with Crippen LogP contribution in [0, 0.1) is 0 Å². The van der Waals surface area contributed by atoms with E-state index in [1.54, 1.807) is 18.2 Å². The monoisotopic (exact) mass is 333 g/mol. The molecule has 0 saturated heterocycles. The lowest BCUT2D eigenvalue weighted by Gasteiger charge is -2.17. The summed E-state index contributed by atoms with van der Waals surface area (Å²) in [5, 5.41) is 4.40. The first-order chi connectivity index (χ1) is 8.62. The summed E-state index contributed by atoms with van der Waals surface area (Å²) in [5.74, 6) is 0.366. The van der Waals surface area contributed by atoms with E-state index < -0.39 is 0 Å². The van der Waals surface area contributed by atoms with Crippen molar-refractivity contribution in [2.75, 3.05) is 12.4 Å². The van der Waals surface area contributed by atoms with Gasteiger partial charge in [0.2, 0.25) is 0 Å². The SMILES string of the molecule is CCC(CCBr)NC(=O)c1ccc(Cl)cc1OC. The average molecular weight is 335 g/mol. The van der Waals surface area contributed by atoms with Crippen LogP contribution in [0.2, 0.25) is 5.02 Å². The van der Waals surface area contributed by atoms with Gasteiger partial charge in [-0.2, -0.15) is 0 Å². The van der Waals surface area contributed by atoms with Gasteiger partial charge in [-0.15, -0.1) is 0 Å². The Hall–Kier alpha value is -0.740. The van der Waals surface area contributed by atoms with Gasteiger partial charge in [0.05, 0.1) is 12.7 Å². The zero-order valence-electron chi connectivity index (χ0n) is 10.5. The molecule has 0 aromatic heterocycles. The summed E-state index contributed by atoms with van der Waals surface area (Å²) in [6.45, 7) is 2.05. The number of hydrogen-bond acceptors (Lipinski definition) is 2. The average Bonchev–Trinajstić information content (AvgIpc) is 2.37. The van der Waals surface area contributed by atoms with Crippen molar-refractivity contribution < 1.29 is 9.53 Å². The molecule has 0 bridgehead atoms. The van der Waals surface area contributed by atoms with Crippen LogP contribution in [0.4, 0.5) is 0 Å². The molecule has 1 N–H and O–H groups in total. The molecule has 0 aliphatic rings. The summed E-state index contributed by atoms with van der Waals surface area (Å²) in [7, 11) is 1.53. The number of carbonyl (C=O) groups is 1. The lowest BCUT2D eigenvalue weighted by molar-refractivity contribution is 0.0932. The van der Waals surface area contributed by atoms with Crippen molar-refractivity contribution in [1.29, 1.82) is 0 Å². The van der Waals surface area contributed by atoms with Gasteiger partial charge in [0.25, 0.3) is 5.91 Å². The van der Waals surface area contributed by atoms with Gasteiger partial charge < -0.3 is 10.1 Å². The fourth-order valence-electron chi connectivity index (χ4n) is 1.63. The van der Waals surface area contributed by atoms with Crippen LogP contribution in [-0.2, 0) is 0 Å². The highest BCUT2D eigenvalue weighted by molar-refractivity contribution is 9.09. The van der Waals surface area contributed by atoms with Crippen molar-refractivity contribution in [3.8, 4) is 5.75 Å². The number of methoxy groups -OCH3 is 1. The highest BCUT2D eigenvalue weighted by Crippen LogP contribution is 2.23. The first-order valence-electron chi connectivity index (χ1n) is 5.82. The summed E-state index contributed by atoms with van der Waals surface area (Å²) in [5.41, 5.74) is 0.509. The van der Waals surface area contributed by atoms with Crippen LogP contribution in [0.5, 0.6) is 5.75 Å². The molecule has 0 saturated carbocycles. The zero-order valence-corrected chi connectivity index (χ0v) is 12.8. The number of rotatable bonds is 6. The predicted molar refractivity (Wildman–Crippen MR) is 78.0 cm³/mol. The van der Waals surface area contributed by atoms with Crippen molar-refractivity contribution in [3.63, 3.8) is 0 Å². The summed E-state index contributed by atoms with van der Waals surface area (Å²) in [4.78, 5) is 12.1. The van der Waals surface area contributed by atoms with Crippen molar-refractivity contribution in [3.05, 3.63) is 28.8 Å². The molecule has 3 nitrogen and oxygen atoms in total. The normalized spacial score (nSPS) is 12.0. The molecular weight excluding hydrogens is 318 g/mol. The summed E-state index contributed by atoms with van der Waals surface area (Å²) < 4.78 is 5.17. The molecule has 0 aliphatic carbocycles. The molecule has 1 atom stereocenters. The van der Waals surface area contributed by atoms with Crippen LogP contribution in [0.3, 0.4) is 0 Å². The number of carbonyl (C=O) groups excluding carboxylic acids is 1. The van der Waals surface area contributed by atoms with Gasteiger partial charge in [-0.25, -0.2) is 0 Å². The standard InChI is InChI=1S/C13H17BrClNO2/c1-3-10(6-7-14)16-13(17)11-5-4-9(15)8-12(11)18-2/h4-5,8,10H,3,6-7H2,1-2H3,(H,16,17). The van der Waals surface area contributed by atoms with Gasteiger partial charge >= 0.3 is 0 Å². The molecule has 1 rings (SSSR count). The fourth-order valence-corrected chi connectivity index (χ4v) is 2.34. The Morgan fingerprint density at radius 2 is 2.28 bits per heavy atom. The van der Waals surface area contributed by atoms with Gasteiger partial charge in [0.15, 0.2) is 0 Å². The van der Waals surface area contributed by atoms with Gasteiger partial charge in [-0.1, -0.05) is 34.5 Å². The summed E-state index contributed by atoms with van der Waals surface area (Å²) in [6, 6.07) is 5.17. The number of amides is 1. The van der Waals surface area contributed by atoms with Crippen LogP contribution < -0.4 is 10.1 Å². The van der Waals surface area contributed by atoms with Crippen molar-refractivity contribution in [2.45, 2.75) is 25.8 Å². The number of nitrogens with one attached hydrogen (secondary N) is 1. The first kappa shape index (κ1) is 15.3. The van der Waals surface area contributed by atoms with E-state index in [1.165, 1.54) is 7.11 Å². The van der Waals surface area contributed by atoms with Gasteiger partial charge in [-0.3, -0.25) is 4.79 Å². The molecular formula is C13H17BrClNO2. The number of benzene rings is 1. The smallest absolute Gasteiger partial charge is 0.255 e. The van der Waals surface area contributed by atoms with Crippen LogP contribution in [0.25, 0.3) is 0 Å². The zero-order chi connectivity index (χ0) is 13.5. The third-order valence-electron chi connectivity index (χ3n) is 2.69. The van der Waals surface area contributed by atoms with E-state index in [0.717, 1.165) is 18.2 Å². The van der Waals surface area contributed by atoms with Gasteiger partial charge in [0.1, 0.15) is 5.75 Å². The molecule has 1 aromatic carbocycles. The lowest BCUT2D eigenvalue weighted by atomic mass is 10.1. The molecule has 5 heteroatoms. The van der Waals surface area contributed by atoms with Crippen LogP contribution >= 0.6 is 27.5 Å². The minimum Gasteiger partial charge on any atom is -0.496 e. The van der Waals surface area contributed by atoms with E-state index in [0.29, 0.717) is 16.3 Å². The van der Waals surface area contributed by atoms with E-state index in [2.05, 4.69) is 21.2 Å². The fraction of sp³-hybridized carbons (Fsp3) is 0.462. The third kappa shape index (κ3) is 4.18. The second-order valence-corrected chi connectivity index (χ2v) is 5.13. The Bertz CT molecular complexity index is 412. The summed E-state index contributed by atoms with van der Waals surface area (Å²) in [6.07, 6.45) is 1.80. The Morgan fingerprint density at radius 3 is 2.83 bits per heavy atom. The molecule has 1 unspecified atom stereocenters. The molecule has 1 aromatic rings. The Balaban J connectivity index is 2.83. The molecule has 0 heterocycles. The second-order valence-electron chi connectivity index (χ2n) is 3.90. The minimum atomic E-state index is -0.128. The number of halogens is 2. The van der Waals surface area contributed by atoms with Crippen LogP contribution in [0.15, 0.2) is 18.2 Å². The second kappa shape index (κ2) is 7.64. The maximum atomic E-state index is 12.1. The molecule has 100 valence electrons. The van der Waals surface area contributed by atoms with E-state index >= 15 is 0 Å². The topological polar surface area (TPSA) is 38.3 Å². The molecule has 0 radical (unpaired) electrons. The third-order valence-corrected chi connectivity index (χ3v) is 3.39. The maximum Gasteiger partial charge on any atom is 0.255 e. The number of alkyl halides is 1. The predicted octanol–water partition coefficient (Wildman–Crippen LogP) is 3.64. The molecule has 0 fully saturated rings. The largest absolute Gasteiger partial charge is 0.496 e. The van der Waals surface area contributed by atoms with E-state index in [1.807, 2.05) is 6.92 Å². The van der Waals surface area contributed by atoms with Crippen LogP contribution in [0.1, 0.15) is 30.1 Å². The summed E-state index contributed by atoms with van der Waals surface area (Å²) >= 11 is 9.25. The molecule has 0 spiro atoms. The number of ether oxygens (including phenoxy) is 1. The number of hydrogen-bond donors (Lipinski definition) is 1. The van der Waals surface area contributed by atoms with Crippen LogP contribution in [-0.4, -0.2) is 24.4 Å². The Labute approximate surface area is 121 Å². The van der Waals surface area contributed by atoms with E-state index in [4.69, 9.17) is 16.3 Å². The quantitative estimate of drug-likeness (QED) is 0.807. The molecule has 18 heavy (non-hydrogen) atoms. The minimum absolute atomic E-state index is 0.128. The van der Waals surface area contributed by atoms with Gasteiger partial charge in [0, 0.05) is 16.4 Å².